The van der Waals surface area contributed by atoms with Gasteiger partial charge in [-0.25, -0.2) is 0 Å². The highest BCUT2D eigenvalue weighted by atomic mass is 35.5. The van der Waals surface area contributed by atoms with Gasteiger partial charge in [0.2, 0.25) is 0 Å². The summed E-state index contributed by atoms with van der Waals surface area (Å²) in [6, 6.07) is 0. The van der Waals surface area contributed by atoms with Crippen molar-refractivity contribution in [1.29, 1.82) is 0 Å². The number of ether oxygens (including phenoxy) is 1. The van der Waals surface area contributed by atoms with E-state index in [1.807, 2.05) is 0 Å². The number of hydrogen-bond acceptors (Lipinski definition) is 1. The molecular weight excluding hydrogens is 196 g/mol. The van der Waals surface area contributed by atoms with Crippen LogP contribution in [0.1, 0.15) is 46.0 Å². The lowest BCUT2D eigenvalue weighted by atomic mass is 9.68. The topological polar surface area (TPSA) is 9.23 Å². The highest BCUT2D eigenvalue weighted by Gasteiger charge is 2.48. The highest BCUT2D eigenvalue weighted by molar-refractivity contribution is 6.21. The maximum absolute atomic E-state index is 6.15. The first-order valence-electron chi connectivity index (χ1n) is 5.86. The third-order valence-electron chi connectivity index (χ3n) is 4.07. The van der Waals surface area contributed by atoms with Crippen molar-refractivity contribution in [2.75, 3.05) is 6.61 Å². The molecule has 14 heavy (non-hydrogen) atoms. The lowest BCUT2D eigenvalue weighted by Gasteiger charge is -2.48. The number of halogens is 1. The van der Waals surface area contributed by atoms with Crippen LogP contribution in [0.25, 0.3) is 0 Å². The van der Waals surface area contributed by atoms with Crippen molar-refractivity contribution in [3.63, 3.8) is 0 Å². The Morgan fingerprint density at radius 1 is 1.29 bits per heavy atom. The summed E-state index contributed by atoms with van der Waals surface area (Å²) < 4.78 is 5.96. The van der Waals surface area contributed by atoms with Gasteiger partial charge in [0.25, 0.3) is 0 Å². The van der Waals surface area contributed by atoms with Crippen molar-refractivity contribution < 1.29 is 4.74 Å². The molecule has 2 rings (SSSR count). The van der Waals surface area contributed by atoms with Crippen molar-refractivity contribution in [1.82, 2.24) is 0 Å². The van der Waals surface area contributed by atoms with Crippen LogP contribution in [0.2, 0.25) is 0 Å². The second kappa shape index (κ2) is 4.02. The molecular formula is C12H21ClO. The number of rotatable bonds is 3. The monoisotopic (exact) mass is 216 g/mol. The van der Waals surface area contributed by atoms with Crippen LogP contribution in [0.4, 0.5) is 0 Å². The summed E-state index contributed by atoms with van der Waals surface area (Å²) in [6.45, 7) is 5.40. The normalized spacial score (nSPS) is 37.1. The number of hydrogen-bond donors (Lipinski definition) is 0. The summed E-state index contributed by atoms with van der Waals surface area (Å²) in [5, 5.41) is 0.316. The van der Waals surface area contributed by atoms with Crippen LogP contribution in [0.3, 0.4) is 0 Å². The Kier molecular flexibility index (Phi) is 3.09. The average Bonchev–Trinajstić information content (AvgIpc) is 2.64. The molecule has 0 aromatic carbocycles. The fraction of sp³-hybridized carbons (Fsp3) is 1.00. The van der Waals surface area contributed by atoms with Gasteiger partial charge in [0, 0.05) is 17.4 Å². The third kappa shape index (κ3) is 1.94. The van der Waals surface area contributed by atoms with Crippen molar-refractivity contribution in [3.8, 4) is 0 Å². The predicted molar refractivity (Wildman–Crippen MR) is 59.7 cm³/mol. The molecule has 0 aromatic rings. The van der Waals surface area contributed by atoms with Crippen molar-refractivity contribution >= 4 is 11.6 Å². The smallest absolute Gasteiger partial charge is 0.0654 e. The molecule has 2 unspecified atom stereocenters. The van der Waals surface area contributed by atoms with Crippen LogP contribution in [-0.4, -0.2) is 18.1 Å². The van der Waals surface area contributed by atoms with E-state index in [1.165, 1.54) is 25.7 Å². The van der Waals surface area contributed by atoms with Gasteiger partial charge in [-0.3, -0.25) is 0 Å². The molecule has 82 valence electrons. The molecule has 2 aliphatic rings. The van der Waals surface area contributed by atoms with E-state index in [4.69, 9.17) is 16.3 Å². The standard InChI is InChI=1S/C12H21ClO/c1-12(2)10(13)7-11(12)14-8-9-5-3-4-6-9/h9-11H,3-8H2,1-2H3. The quantitative estimate of drug-likeness (QED) is 0.655. The molecule has 2 atom stereocenters. The zero-order valence-electron chi connectivity index (χ0n) is 9.26. The molecule has 1 nitrogen and oxygen atoms in total. The van der Waals surface area contributed by atoms with E-state index in [9.17, 15) is 0 Å². The lowest BCUT2D eigenvalue weighted by molar-refractivity contribution is -0.0981. The van der Waals surface area contributed by atoms with E-state index in [0.29, 0.717) is 11.5 Å². The largest absolute Gasteiger partial charge is 0.377 e. The molecule has 0 bridgehead atoms. The zero-order valence-corrected chi connectivity index (χ0v) is 10.0. The second-order valence-corrected chi connectivity index (χ2v) is 6.02. The summed E-state index contributed by atoms with van der Waals surface area (Å²) in [6.07, 6.45) is 7.00. The van der Waals surface area contributed by atoms with Crippen molar-refractivity contribution in [3.05, 3.63) is 0 Å². The lowest BCUT2D eigenvalue weighted by Crippen LogP contribution is -2.52. The SMILES string of the molecule is CC1(C)C(Cl)CC1OCC1CCCC1. The first kappa shape index (κ1) is 10.8. The highest BCUT2D eigenvalue weighted by Crippen LogP contribution is 2.46. The third-order valence-corrected chi connectivity index (χ3v) is 4.81. The first-order chi connectivity index (χ1) is 6.60. The minimum Gasteiger partial charge on any atom is -0.377 e. The Hall–Kier alpha value is 0.250. The summed E-state index contributed by atoms with van der Waals surface area (Å²) in [5.74, 6) is 0.833. The van der Waals surface area contributed by atoms with Gasteiger partial charge >= 0.3 is 0 Å². The Bertz CT molecular complexity index is 196. The van der Waals surface area contributed by atoms with E-state index in [2.05, 4.69) is 13.8 Å². The van der Waals surface area contributed by atoms with E-state index in [0.717, 1.165) is 18.9 Å². The van der Waals surface area contributed by atoms with Crippen LogP contribution in [-0.2, 0) is 4.74 Å². The van der Waals surface area contributed by atoms with Crippen molar-refractivity contribution in [2.45, 2.75) is 57.4 Å². The van der Waals surface area contributed by atoms with Crippen LogP contribution in [0, 0.1) is 11.3 Å². The Morgan fingerprint density at radius 2 is 1.93 bits per heavy atom. The van der Waals surface area contributed by atoms with Crippen molar-refractivity contribution in [2.24, 2.45) is 11.3 Å². The predicted octanol–water partition coefficient (Wildman–Crippen LogP) is 3.60. The van der Waals surface area contributed by atoms with E-state index < -0.39 is 0 Å². The molecule has 0 amide bonds. The van der Waals surface area contributed by atoms with Gasteiger partial charge < -0.3 is 4.74 Å². The summed E-state index contributed by atoms with van der Waals surface area (Å²) in [5.41, 5.74) is 0.195. The van der Waals surface area contributed by atoms with Gasteiger partial charge in [0.05, 0.1) is 6.10 Å². The molecule has 0 radical (unpaired) electrons. The van der Waals surface area contributed by atoms with Gasteiger partial charge in [-0.15, -0.1) is 11.6 Å². The fourth-order valence-corrected chi connectivity index (χ4v) is 2.85. The summed E-state index contributed by atoms with van der Waals surface area (Å²) in [4.78, 5) is 0. The molecule has 0 aromatic heterocycles. The van der Waals surface area contributed by atoms with Crippen LogP contribution >= 0.6 is 11.6 Å². The Balaban J connectivity index is 1.71. The molecule has 2 aliphatic carbocycles. The van der Waals surface area contributed by atoms with Crippen LogP contribution in [0.5, 0.6) is 0 Å². The minimum absolute atomic E-state index is 0.195. The summed E-state index contributed by atoms with van der Waals surface area (Å²) in [7, 11) is 0. The average molecular weight is 217 g/mol. The second-order valence-electron chi connectivity index (χ2n) is 5.50. The van der Waals surface area contributed by atoms with Crippen LogP contribution in [0.15, 0.2) is 0 Å². The molecule has 0 N–H and O–H groups in total. The molecule has 2 fully saturated rings. The van der Waals surface area contributed by atoms with Gasteiger partial charge in [-0.1, -0.05) is 26.7 Å². The molecule has 2 heteroatoms. The fourth-order valence-electron chi connectivity index (χ4n) is 2.55. The molecule has 0 saturated heterocycles. The number of alkyl halides is 1. The molecule has 2 saturated carbocycles. The van der Waals surface area contributed by atoms with E-state index in [1.54, 1.807) is 0 Å². The maximum Gasteiger partial charge on any atom is 0.0654 e. The van der Waals surface area contributed by atoms with Gasteiger partial charge in [0.15, 0.2) is 0 Å². The van der Waals surface area contributed by atoms with Gasteiger partial charge in [-0.05, 0) is 25.2 Å². The first-order valence-corrected chi connectivity index (χ1v) is 6.30. The Morgan fingerprint density at radius 3 is 2.43 bits per heavy atom. The van der Waals surface area contributed by atoms with Crippen LogP contribution < -0.4 is 0 Å². The zero-order chi connectivity index (χ0) is 10.2. The van der Waals surface area contributed by atoms with E-state index >= 15 is 0 Å². The summed E-state index contributed by atoms with van der Waals surface area (Å²) >= 11 is 6.15. The maximum atomic E-state index is 6.15. The van der Waals surface area contributed by atoms with E-state index in [-0.39, 0.29) is 5.41 Å². The molecule has 0 spiro atoms. The molecule has 0 aliphatic heterocycles. The Labute approximate surface area is 92.2 Å². The van der Waals surface area contributed by atoms with Gasteiger partial charge in [-0.2, -0.15) is 0 Å². The molecule has 0 heterocycles. The minimum atomic E-state index is 0.195. The van der Waals surface area contributed by atoms with Gasteiger partial charge in [0.1, 0.15) is 0 Å².